The van der Waals surface area contributed by atoms with Crippen LogP contribution < -0.4 is 0 Å². The third-order valence-electron chi connectivity index (χ3n) is 4.36. The molecule has 1 saturated carbocycles. The Labute approximate surface area is 139 Å². The van der Waals surface area contributed by atoms with E-state index in [4.69, 9.17) is 4.74 Å². The average molecular weight is 303 g/mol. The molecule has 1 heteroatoms. The quantitative estimate of drug-likeness (QED) is 0.719. The molecule has 0 aromatic heterocycles. The lowest BCUT2D eigenvalue weighted by Crippen LogP contribution is -2.15. The fourth-order valence-electron chi connectivity index (χ4n) is 3.03. The van der Waals surface area contributed by atoms with E-state index in [9.17, 15) is 0 Å². The van der Waals surface area contributed by atoms with Gasteiger partial charge in [0, 0.05) is 17.7 Å². The van der Waals surface area contributed by atoms with Crippen LogP contribution in [-0.2, 0) is 10.3 Å². The maximum absolute atomic E-state index is 6.05. The van der Waals surface area contributed by atoms with Gasteiger partial charge in [-0.3, -0.25) is 0 Å². The van der Waals surface area contributed by atoms with Crippen molar-refractivity contribution < 1.29 is 4.74 Å². The summed E-state index contributed by atoms with van der Waals surface area (Å²) in [7, 11) is 0. The lowest BCUT2D eigenvalue weighted by Gasteiger charge is -2.22. The predicted octanol–water partition coefficient (Wildman–Crippen LogP) is 5.04. The molecule has 0 unspecified atom stereocenters. The van der Waals surface area contributed by atoms with Crippen molar-refractivity contribution in [3.8, 4) is 11.8 Å². The van der Waals surface area contributed by atoms with Crippen LogP contribution in [0.2, 0.25) is 0 Å². The lowest BCUT2D eigenvalue weighted by atomic mass is 9.91. The second kappa shape index (κ2) is 6.60. The second-order valence-corrected chi connectivity index (χ2v) is 6.42. The van der Waals surface area contributed by atoms with Crippen molar-refractivity contribution >= 4 is 0 Å². The summed E-state index contributed by atoms with van der Waals surface area (Å²) in [4.78, 5) is 0. The van der Waals surface area contributed by atoms with Gasteiger partial charge in [-0.15, -0.1) is 0 Å². The van der Waals surface area contributed by atoms with Crippen molar-refractivity contribution in [1.82, 2.24) is 0 Å². The van der Waals surface area contributed by atoms with Gasteiger partial charge < -0.3 is 4.74 Å². The van der Waals surface area contributed by atoms with Crippen molar-refractivity contribution in [3.63, 3.8) is 0 Å². The Hall–Kier alpha value is -2.04. The van der Waals surface area contributed by atoms with E-state index in [0.29, 0.717) is 5.92 Å². The molecule has 3 rings (SSSR count). The third kappa shape index (κ3) is 3.49. The molecule has 0 aliphatic heterocycles. The first-order valence-electron chi connectivity index (χ1n) is 8.41. The Morgan fingerprint density at radius 3 is 2.39 bits per heavy atom. The minimum absolute atomic E-state index is 0.0322. The summed E-state index contributed by atoms with van der Waals surface area (Å²) in [6.07, 6.45) is 2.26. The molecule has 0 saturated heterocycles. The van der Waals surface area contributed by atoms with E-state index in [2.05, 4.69) is 56.9 Å². The van der Waals surface area contributed by atoms with Crippen molar-refractivity contribution in [2.45, 2.75) is 45.1 Å². The number of hydrogen-bond donors (Lipinski definition) is 0. The van der Waals surface area contributed by atoms with Gasteiger partial charge >= 0.3 is 0 Å². The number of rotatable bonds is 4. The Balaban J connectivity index is 1.93. The van der Waals surface area contributed by atoms with E-state index in [0.717, 1.165) is 30.6 Å². The third-order valence-corrected chi connectivity index (χ3v) is 4.36. The SMILES string of the molecule is CCOC1(c2ccc(C#Cc3cc[c]cc3)cc2C(C)C)CC1. The summed E-state index contributed by atoms with van der Waals surface area (Å²) in [5.74, 6) is 6.98. The van der Waals surface area contributed by atoms with Crippen LogP contribution in [0.3, 0.4) is 0 Å². The molecular formula is C22H23O. The summed E-state index contributed by atoms with van der Waals surface area (Å²) in [5.41, 5.74) is 4.78. The zero-order valence-corrected chi connectivity index (χ0v) is 14.1. The van der Waals surface area contributed by atoms with Crippen molar-refractivity contribution in [2.24, 2.45) is 0 Å². The number of ether oxygens (including phenoxy) is 1. The molecule has 1 radical (unpaired) electrons. The molecule has 0 spiro atoms. The molecule has 0 bridgehead atoms. The Morgan fingerprint density at radius 2 is 1.78 bits per heavy atom. The molecule has 23 heavy (non-hydrogen) atoms. The molecule has 2 aromatic rings. The van der Waals surface area contributed by atoms with Crippen LogP contribution in [0, 0.1) is 17.9 Å². The van der Waals surface area contributed by atoms with Crippen molar-refractivity contribution in [1.29, 1.82) is 0 Å². The molecular weight excluding hydrogens is 280 g/mol. The minimum Gasteiger partial charge on any atom is -0.371 e. The molecule has 0 N–H and O–H groups in total. The maximum Gasteiger partial charge on any atom is 0.0936 e. The predicted molar refractivity (Wildman–Crippen MR) is 94.3 cm³/mol. The molecule has 0 amide bonds. The lowest BCUT2D eigenvalue weighted by molar-refractivity contribution is 0.0388. The van der Waals surface area contributed by atoms with Crippen LogP contribution in [0.15, 0.2) is 42.5 Å². The van der Waals surface area contributed by atoms with Gasteiger partial charge in [-0.2, -0.15) is 0 Å². The summed E-state index contributed by atoms with van der Waals surface area (Å²) >= 11 is 0. The minimum atomic E-state index is -0.0322. The molecule has 1 nitrogen and oxygen atoms in total. The highest BCUT2D eigenvalue weighted by Crippen LogP contribution is 2.51. The fraction of sp³-hybridized carbons (Fsp3) is 0.364. The first-order valence-corrected chi connectivity index (χ1v) is 8.41. The van der Waals surface area contributed by atoms with Gasteiger partial charge in [0.1, 0.15) is 0 Å². The molecule has 0 atom stereocenters. The van der Waals surface area contributed by atoms with E-state index in [1.165, 1.54) is 11.1 Å². The Kier molecular flexibility index (Phi) is 4.55. The van der Waals surface area contributed by atoms with Crippen molar-refractivity contribution in [3.05, 3.63) is 70.8 Å². The van der Waals surface area contributed by atoms with Crippen LogP contribution in [-0.4, -0.2) is 6.61 Å². The van der Waals surface area contributed by atoms with E-state index < -0.39 is 0 Å². The average Bonchev–Trinajstić information content (AvgIpc) is 3.34. The van der Waals surface area contributed by atoms with Crippen LogP contribution >= 0.6 is 0 Å². The largest absolute Gasteiger partial charge is 0.371 e. The normalized spacial score (nSPS) is 15.1. The topological polar surface area (TPSA) is 9.23 Å². The molecule has 2 aromatic carbocycles. The molecule has 1 aliphatic rings. The molecule has 0 heterocycles. The van der Waals surface area contributed by atoms with Crippen molar-refractivity contribution in [2.75, 3.05) is 6.61 Å². The van der Waals surface area contributed by atoms with Crippen LogP contribution in [0.4, 0.5) is 0 Å². The first-order chi connectivity index (χ1) is 11.1. The second-order valence-electron chi connectivity index (χ2n) is 6.42. The van der Waals surface area contributed by atoms with E-state index >= 15 is 0 Å². The smallest absolute Gasteiger partial charge is 0.0936 e. The van der Waals surface area contributed by atoms with Crippen LogP contribution in [0.1, 0.15) is 61.8 Å². The summed E-state index contributed by atoms with van der Waals surface area (Å²) in [5, 5.41) is 0. The summed E-state index contributed by atoms with van der Waals surface area (Å²) < 4.78 is 6.05. The van der Waals surface area contributed by atoms with Gasteiger partial charge in [0.2, 0.25) is 0 Å². The zero-order valence-electron chi connectivity index (χ0n) is 14.1. The van der Waals surface area contributed by atoms with Crippen LogP contribution in [0.25, 0.3) is 0 Å². The Morgan fingerprint density at radius 1 is 1.09 bits per heavy atom. The van der Waals surface area contributed by atoms with E-state index in [1.54, 1.807) is 0 Å². The highest BCUT2D eigenvalue weighted by Gasteiger charge is 2.46. The van der Waals surface area contributed by atoms with E-state index in [1.807, 2.05) is 24.3 Å². The van der Waals surface area contributed by atoms with Gasteiger partial charge in [0.15, 0.2) is 0 Å². The fourth-order valence-corrected chi connectivity index (χ4v) is 3.03. The number of hydrogen-bond acceptors (Lipinski definition) is 1. The van der Waals surface area contributed by atoms with Gasteiger partial charge in [-0.1, -0.05) is 43.9 Å². The molecule has 117 valence electrons. The van der Waals surface area contributed by atoms with Gasteiger partial charge in [0.05, 0.1) is 5.60 Å². The number of benzene rings is 2. The Bertz CT molecular complexity index is 728. The molecule has 1 aliphatic carbocycles. The van der Waals surface area contributed by atoms with Crippen LogP contribution in [0.5, 0.6) is 0 Å². The highest BCUT2D eigenvalue weighted by atomic mass is 16.5. The maximum atomic E-state index is 6.05. The summed E-state index contributed by atoms with van der Waals surface area (Å²) in [6, 6.07) is 17.4. The van der Waals surface area contributed by atoms with E-state index in [-0.39, 0.29) is 5.60 Å². The standard InChI is InChI=1S/C22H23O/c1-4-23-22(14-15-22)21-13-12-19(16-20(21)17(2)3)11-10-18-8-6-5-7-9-18/h6-9,12-13,16-17H,4,14-15H2,1-3H3. The first kappa shape index (κ1) is 15.8. The van der Waals surface area contributed by atoms with Gasteiger partial charge in [-0.25, -0.2) is 0 Å². The zero-order chi connectivity index (χ0) is 16.3. The van der Waals surface area contributed by atoms with Gasteiger partial charge in [-0.05, 0) is 67.1 Å². The van der Waals surface area contributed by atoms with Gasteiger partial charge in [0.25, 0.3) is 0 Å². The highest BCUT2D eigenvalue weighted by molar-refractivity contribution is 5.48. The molecule has 1 fully saturated rings. The monoisotopic (exact) mass is 303 g/mol. The summed E-state index contributed by atoms with van der Waals surface area (Å²) in [6.45, 7) is 7.33.